The molecule has 1 aromatic rings. The highest BCUT2D eigenvalue weighted by molar-refractivity contribution is 6.30. The van der Waals surface area contributed by atoms with Crippen LogP contribution < -0.4 is 15.5 Å². The molecule has 0 radical (unpaired) electrons. The fourth-order valence-corrected chi connectivity index (χ4v) is 2.81. The summed E-state index contributed by atoms with van der Waals surface area (Å²) < 4.78 is 4.69. The number of carbonyl (C=O) groups is 3. The predicted octanol–water partition coefficient (Wildman–Crippen LogP) is 2.27. The first-order valence-corrected chi connectivity index (χ1v) is 9.58. The van der Waals surface area contributed by atoms with Crippen LogP contribution in [0.3, 0.4) is 0 Å². The van der Waals surface area contributed by atoms with Gasteiger partial charge in [-0.15, -0.1) is 0 Å². The van der Waals surface area contributed by atoms with E-state index >= 15 is 0 Å². The van der Waals surface area contributed by atoms with E-state index in [2.05, 4.69) is 20.3 Å². The maximum absolute atomic E-state index is 11.0. The molecule has 1 saturated heterocycles. The molecular weight excluding hydrogens is 396 g/mol. The van der Waals surface area contributed by atoms with E-state index in [0.717, 1.165) is 37.6 Å². The number of carbonyl (C=O) groups excluding carboxylic acids is 3. The van der Waals surface area contributed by atoms with Crippen molar-refractivity contribution in [3.63, 3.8) is 0 Å². The molecule has 8 nitrogen and oxygen atoms in total. The van der Waals surface area contributed by atoms with Gasteiger partial charge in [0.15, 0.2) is 0 Å². The average Bonchev–Trinajstić information content (AvgIpc) is 2.70. The third-order valence-electron chi connectivity index (χ3n) is 4.18. The third-order valence-corrected chi connectivity index (χ3v) is 4.43. The number of anilines is 1. The van der Waals surface area contributed by atoms with E-state index in [0.29, 0.717) is 5.70 Å². The zero-order valence-electron chi connectivity index (χ0n) is 16.4. The van der Waals surface area contributed by atoms with Crippen molar-refractivity contribution in [2.75, 3.05) is 31.1 Å². The van der Waals surface area contributed by atoms with E-state index in [1.165, 1.54) is 18.9 Å². The Morgan fingerprint density at radius 1 is 1.24 bits per heavy atom. The number of ether oxygens (including phenoxy) is 1. The van der Waals surface area contributed by atoms with Crippen LogP contribution in [0.25, 0.3) is 0 Å². The van der Waals surface area contributed by atoms with Gasteiger partial charge in [-0.2, -0.15) is 0 Å². The molecule has 0 saturated carbocycles. The van der Waals surface area contributed by atoms with Crippen LogP contribution in [-0.2, 0) is 14.3 Å². The number of piperazine rings is 1. The first-order chi connectivity index (χ1) is 13.9. The number of halogens is 1. The Hall–Kier alpha value is -3.00. The molecule has 2 aliphatic rings. The molecule has 1 atom stereocenters. The van der Waals surface area contributed by atoms with Crippen LogP contribution in [0.5, 0.6) is 0 Å². The molecule has 1 fully saturated rings. The summed E-state index contributed by atoms with van der Waals surface area (Å²) in [6.45, 7) is 6.56. The second kappa shape index (κ2) is 11.1. The van der Waals surface area contributed by atoms with E-state index in [4.69, 9.17) is 11.6 Å². The normalized spacial score (nSPS) is 21.7. The summed E-state index contributed by atoms with van der Waals surface area (Å²) in [5.74, 6) is -0.210. The topological polar surface area (TPSA) is 91.0 Å². The van der Waals surface area contributed by atoms with E-state index < -0.39 is 6.09 Å². The zero-order valence-corrected chi connectivity index (χ0v) is 17.2. The van der Waals surface area contributed by atoms with Gasteiger partial charge in [-0.05, 0) is 37.3 Å². The summed E-state index contributed by atoms with van der Waals surface area (Å²) in [5, 5.41) is 5.83. The summed E-state index contributed by atoms with van der Waals surface area (Å²) in [4.78, 5) is 36.3. The van der Waals surface area contributed by atoms with Crippen LogP contribution >= 0.6 is 11.6 Å². The van der Waals surface area contributed by atoms with Gasteiger partial charge in [0.2, 0.25) is 12.3 Å². The van der Waals surface area contributed by atoms with Crippen LogP contribution in [0.4, 0.5) is 10.5 Å². The molecule has 1 unspecified atom stereocenters. The smallest absolute Gasteiger partial charge is 0.412 e. The van der Waals surface area contributed by atoms with Crippen molar-refractivity contribution in [3.05, 3.63) is 53.4 Å². The Morgan fingerprint density at radius 2 is 1.90 bits per heavy atom. The summed E-state index contributed by atoms with van der Waals surface area (Å²) in [6.07, 6.45) is 5.00. The van der Waals surface area contributed by atoms with Crippen molar-refractivity contribution in [1.29, 1.82) is 0 Å². The van der Waals surface area contributed by atoms with E-state index in [1.807, 2.05) is 24.3 Å². The highest BCUT2D eigenvalue weighted by Gasteiger charge is 2.15. The van der Waals surface area contributed by atoms with Crippen molar-refractivity contribution in [1.82, 2.24) is 15.5 Å². The van der Waals surface area contributed by atoms with Crippen LogP contribution in [0, 0.1) is 0 Å². The largest absolute Gasteiger partial charge is 0.416 e. The number of alkyl carbamates (subject to hydrolysis) is 1. The second-order valence-corrected chi connectivity index (χ2v) is 6.99. The number of amides is 3. The predicted molar refractivity (Wildman–Crippen MR) is 111 cm³/mol. The first kappa shape index (κ1) is 22.3. The lowest BCUT2D eigenvalue weighted by molar-refractivity contribution is -0.119. The molecule has 0 aliphatic carbocycles. The van der Waals surface area contributed by atoms with E-state index in [9.17, 15) is 14.4 Å². The summed E-state index contributed by atoms with van der Waals surface area (Å²) in [5.41, 5.74) is 1.63. The summed E-state index contributed by atoms with van der Waals surface area (Å²) >= 11 is 5.82. The van der Waals surface area contributed by atoms with Gasteiger partial charge < -0.3 is 25.2 Å². The number of hydrogen-bond donors (Lipinski definition) is 2. The van der Waals surface area contributed by atoms with Gasteiger partial charge in [0, 0.05) is 49.9 Å². The molecule has 1 aromatic carbocycles. The molecule has 29 heavy (non-hydrogen) atoms. The molecule has 3 amide bonds. The standard InChI is InChI=1S/C11H13ClN2O.C9H12N2O3/c12-10-1-3-11(4-2-10)14-7-5-13(9-15)6-8-14;1-6-3-4-8(11-7(2)12)5-14-9(13)10-6/h1-4,9H,5-8H2;3-6H,1-2H3,(H,10,13)(H,11,12)/b;4-3-,8-5+. The van der Waals surface area contributed by atoms with Gasteiger partial charge >= 0.3 is 6.09 Å². The fourth-order valence-electron chi connectivity index (χ4n) is 2.68. The number of cyclic esters (lactones) is 1. The molecule has 0 aromatic heterocycles. The zero-order chi connectivity index (χ0) is 21.2. The fraction of sp³-hybridized carbons (Fsp3) is 0.350. The maximum atomic E-state index is 11.0. The molecule has 9 heteroatoms. The second-order valence-electron chi connectivity index (χ2n) is 6.56. The van der Waals surface area contributed by atoms with Gasteiger partial charge in [0.1, 0.15) is 6.26 Å². The molecule has 0 bridgehead atoms. The van der Waals surface area contributed by atoms with Crippen molar-refractivity contribution in [3.8, 4) is 0 Å². The lowest BCUT2D eigenvalue weighted by atomic mass is 10.2. The van der Waals surface area contributed by atoms with Gasteiger partial charge in [-0.25, -0.2) is 4.79 Å². The number of rotatable bonds is 3. The van der Waals surface area contributed by atoms with Crippen LogP contribution in [0.15, 0.2) is 48.4 Å². The summed E-state index contributed by atoms with van der Waals surface area (Å²) in [6, 6.07) is 7.68. The Bertz CT molecular complexity index is 771. The Labute approximate surface area is 175 Å². The Morgan fingerprint density at radius 3 is 2.48 bits per heavy atom. The van der Waals surface area contributed by atoms with E-state index in [-0.39, 0.29) is 11.9 Å². The molecule has 2 heterocycles. The minimum Gasteiger partial charge on any atom is -0.416 e. The highest BCUT2D eigenvalue weighted by Crippen LogP contribution is 2.18. The third kappa shape index (κ3) is 7.87. The lowest BCUT2D eigenvalue weighted by Crippen LogP contribution is -2.45. The SMILES string of the molecule is CC(=O)NC1=C/OC(=O)NC(C)/C=C\1.O=CN1CCN(c2ccc(Cl)cc2)CC1. The van der Waals surface area contributed by atoms with Crippen LogP contribution in [0.2, 0.25) is 5.02 Å². The van der Waals surface area contributed by atoms with Gasteiger partial charge in [0.05, 0.1) is 5.70 Å². The number of nitrogens with one attached hydrogen (secondary N) is 2. The average molecular weight is 421 g/mol. The van der Waals surface area contributed by atoms with Crippen molar-refractivity contribution >= 4 is 35.7 Å². The minimum absolute atomic E-state index is 0.125. The lowest BCUT2D eigenvalue weighted by Gasteiger charge is -2.34. The molecular formula is C20H25ClN4O4. The van der Waals surface area contributed by atoms with Crippen molar-refractivity contribution < 1.29 is 19.1 Å². The number of benzene rings is 1. The first-order valence-electron chi connectivity index (χ1n) is 9.20. The minimum atomic E-state index is -0.537. The van der Waals surface area contributed by atoms with Crippen molar-refractivity contribution in [2.45, 2.75) is 19.9 Å². The van der Waals surface area contributed by atoms with Gasteiger partial charge in [-0.1, -0.05) is 17.7 Å². The van der Waals surface area contributed by atoms with Gasteiger partial charge in [-0.3, -0.25) is 9.59 Å². The van der Waals surface area contributed by atoms with Crippen LogP contribution in [0.1, 0.15) is 13.8 Å². The van der Waals surface area contributed by atoms with Crippen LogP contribution in [-0.4, -0.2) is 55.5 Å². The molecule has 3 rings (SSSR count). The van der Waals surface area contributed by atoms with Gasteiger partial charge in [0.25, 0.3) is 0 Å². The van der Waals surface area contributed by atoms with E-state index in [1.54, 1.807) is 24.0 Å². The molecule has 0 spiro atoms. The molecule has 2 N–H and O–H groups in total. The van der Waals surface area contributed by atoms with Crippen molar-refractivity contribution in [2.24, 2.45) is 0 Å². The number of nitrogens with zero attached hydrogens (tertiary/aromatic N) is 2. The Balaban J connectivity index is 0.000000208. The molecule has 156 valence electrons. The molecule has 2 aliphatic heterocycles. The quantitative estimate of drug-likeness (QED) is 0.732. The number of hydrogen-bond acceptors (Lipinski definition) is 5. The summed E-state index contributed by atoms with van der Waals surface area (Å²) in [7, 11) is 0. The Kier molecular flexibility index (Phi) is 8.54. The monoisotopic (exact) mass is 420 g/mol. The maximum Gasteiger partial charge on any atom is 0.412 e. The number of allylic oxidation sites excluding steroid dienone is 1. The highest BCUT2D eigenvalue weighted by atomic mass is 35.5.